The van der Waals surface area contributed by atoms with Crippen LogP contribution < -0.4 is 0 Å². The van der Waals surface area contributed by atoms with Crippen molar-refractivity contribution in [2.45, 2.75) is 45.0 Å². The van der Waals surface area contributed by atoms with Gasteiger partial charge in [0.1, 0.15) is 12.2 Å². The summed E-state index contributed by atoms with van der Waals surface area (Å²) >= 11 is 4.23. The van der Waals surface area contributed by atoms with Crippen molar-refractivity contribution in [3.63, 3.8) is 0 Å². The molecule has 0 amide bonds. The monoisotopic (exact) mass is 192 g/mol. The first-order valence-electron chi connectivity index (χ1n) is 4.68. The van der Waals surface area contributed by atoms with E-state index in [-0.39, 0.29) is 5.44 Å². The summed E-state index contributed by atoms with van der Waals surface area (Å²) in [4.78, 5) is 0. The quantitative estimate of drug-likeness (QED) is 0.362. The van der Waals surface area contributed by atoms with Crippen molar-refractivity contribution in [2.24, 2.45) is 0 Å². The molecule has 0 spiro atoms. The molecule has 3 heteroatoms. The van der Waals surface area contributed by atoms with Gasteiger partial charge in [-0.05, 0) is 12.8 Å². The van der Waals surface area contributed by atoms with Crippen LogP contribution in [0, 0.1) is 0 Å². The topological polar surface area (TPSA) is 18.5 Å². The van der Waals surface area contributed by atoms with Crippen LogP contribution >= 0.6 is 12.6 Å². The molecule has 1 unspecified atom stereocenters. The van der Waals surface area contributed by atoms with Crippen molar-refractivity contribution in [3.8, 4) is 0 Å². The van der Waals surface area contributed by atoms with Gasteiger partial charge < -0.3 is 9.47 Å². The first kappa shape index (κ1) is 12.3. The lowest BCUT2D eigenvalue weighted by atomic mass is 10.4. The summed E-state index contributed by atoms with van der Waals surface area (Å²) in [5.41, 5.74) is 0.0385. The number of thiol groups is 1. The molecule has 0 aromatic rings. The lowest BCUT2D eigenvalue weighted by Crippen LogP contribution is -2.09. The van der Waals surface area contributed by atoms with Gasteiger partial charge in [0.05, 0.1) is 0 Å². The number of ether oxygens (including phenoxy) is 2. The fourth-order valence-electron chi connectivity index (χ4n) is 0.762. The zero-order valence-corrected chi connectivity index (χ0v) is 8.98. The third-order valence-electron chi connectivity index (χ3n) is 1.52. The minimum atomic E-state index is 0.0385. The van der Waals surface area contributed by atoms with Crippen LogP contribution in [0.15, 0.2) is 0 Å². The molecule has 0 aliphatic carbocycles. The van der Waals surface area contributed by atoms with E-state index in [2.05, 4.69) is 26.5 Å². The van der Waals surface area contributed by atoms with Crippen LogP contribution in [-0.2, 0) is 9.47 Å². The molecule has 0 aromatic heterocycles. The van der Waals surface area contributed by atoms with Crippen LogP contribution in [-0.4, -0.2) is 18.8 Å². The molecule has 0 aliphatic heterocycles. The van der Waals surface area contributed by atoms with Gasteiger partial charge in [0.2, 0.25) is 0 Å². The molecule has 2 nitrogen and oxygen atoms in total. The summed E-state index contributed by atoms with van der Waals surface area (Å²) in [6.45, 7) is 5.44. The van der Waals surface area contributed by atoms with E-state index in [9.17, 15) is 0 Å². The van der Waals surface area contributed by atoms with E-state index < -0.39 is 0 Å². The molecule has 0 bridgehead atoms. The molecule has 12 heavy (non-hydrogen) atoms. The Morgan fingerprint density at radius 1 is 1.25 bits per heavy atom. The van der Waals surface area contributed by atoms with E-state index >= 15 is 0 Å². The van der Waals surface area contributed by atoms with Crippen molar-refractivity contribution in [1.29, 1.82) is 0 Å². The second-order valence-electron chi connectivity index (χ2n) is 2.79. The number of hydrogen-bond donors (Lipinski definition) is 1. The second kappa shape index (κ2) is 9.36. The van der Waals surface area contributed by atoms with Gasteiger partial charge in [0, 0.05) is 6.61 Å². The normalized spacial score (nSPS) is 13.2. The smallest absolute Gasteiger partial charge is 0.148 e. The standard InChI is InChI=1S/C9H20O2S/c1-3-5-7-10-8-11-9(12)6-4-2/h9,12H,3-8H2,1-2H3. The Bertz CT molecular complexity index is 88.6. The average Bonchev–Trinajstić information content (AvgIpc) is 2.05. The highest BCUT2D eigenvalue weighted by molar-refractivity contribution is 7.80. The Labute approximate surface area is 81.0 Å². The SMILES string of the molecule is CCCCOCOC(S)CCC. The van der Waals surface area contributed by atoms with Crippen LogP contribution in [0.25, 0.3) is 0 Å². The molecule has 0 N–H and O–H groups in total. The molecule has 0 fully saturated rings. The summed E-state index contributed by atoms with van der Waals surface area (Å²) in [6, 6.07) is 0. The van der Waals surface area contributed by atoms with Crippen molar-refractivity contribution in [1.82, 2.24) is 0 Å². The lowest BCUT2D eigenvalue weighted by molar-refractivity contribution is -0.0651. The molecule has 0 aromatic carbocycles. The summed E-state index contributed by atoms with van der Waals surface area (Å²) < 4.78 is 10.5. The average molecular weight is 192 g/mol. The summed E-state index contributed by atoms with van der Waals surface area (Å²) in [5.74, 6) is 0. The maximum Gasteiger partial charge on any atom is 0.148 e. The molecule has 1 atom stereocenters. The Morgan fingerprint density at radius 3 is 2.58 bits per heavy atom. The Morgan fingerprint density at radius 2 is 2.00 bits per heavy atom. The highest BCUT2D eigenvalue weighted by Crippen LogP contribution is 2.05. The van der Waals surface area contributed by atoms with Crippen molar-refractivity contribution >= 4 is 12.6 Å². The van der Waals surface area contributed by atoms with E-state index in [0.717, 1.165) is 25.9 Å². The molecule has 74 valence electrons. The number of unbranched alkanes of at least 4 members (excludes halogenated alkanes) is 1. The van der Waals surface area contributed by atoms with Gasteiger partial charge in [-0.15, -0.1) is 12.6 Å². The zero-order chi connectivity index (χ0) is 9.23. The third-order valence-corrected chi connectivity index (χ3v) is 1.93. The minimum Gasteiger partial charge on any atom is -0.355 e. The van der Waals surface area contributed by atoms with Gasteiger partial charge in [-0.1, -0.05) is 26.7 Å². The summed E-state index contributed by atoms with van der Waals surface area (Å²) in [7, 11) is 0. The van der Waals surface area contributed by atoms with Crippen LogP contribution in [0.3, 0.4) is 0 Å². The first-order chi connectivity index (χ1) is 5.81. The zero-order valence-electron chi connectivity index (χ0n) is 8.08. The summed E-state index contributed by atoms with van der Waals surface area (Å²) in [6.07, 6.45) is 4.36. The van der Waals surface area contributed by atoms with Crippen LogP contribution in [0.4, 0.5) is 0 Å². The van der Waals surface area contributed by atoms with Gasteiger partial charge in [-0.3, -0.25) is 0 Å². The Kier molecular flexibility index (Phi) is 9.57. The maximum absolute atomic E-state index is 5.27. The first-order valence-corrected chi connectivity index (χ1v) is 5.20. The van der Waals surface area contributed by atoms with E-state index in [0.29, 0.717) is 6.79 Å². The molecule has 0 saturated heterocycles. The highest BCUT2D eigenvalue weighted by Gasteiger charge is 1.99. The number of rotatable bonds is 8. The van der Waals surface area contributed by atoms with E-state index in [1.165, 1.54) is 6.42 Å². The molecular weight excluding hydrogens is 172 g/mol. The van der Waals surface area contributed by atoms with Crippen molar-refractivity contribution in [2.75, 3.05) is 13.4 Å². The van der Waals surface area contributed by atoms with Gasteiger partial charge in [-0.2, -0.15) is 0 Å². The van der Waals surface area contributed by atoms with E-state index in [4.69, 9.17) is 9.47 Å². The highest BCUT2D eigenvalue weighted by atomic mass is 32.1. The predicted octanol–water partition coefficient (Wildman–Crippen LogP) is 2.83. The van der Waals surface area contributed by atoms with E-state index in [1.807, 2.05) is 0 Å². The fourth-order valence-corrected chi connectivity index (χ4v) is 1.08. The molecule has 0 rings (SSSR count). The second-order valence-corrected chi connectivity index (χ2v) is 3.37. The van der Waals surface area contributed by atoms with Crippen LogP contribution in [0.1, 0.15) is 39.5 Å². The fraction of sp³-hybridized carbons (Fsp3) is 1.00. The van der Waals surface area contributed by atoms with Crippen LogP contribution in [0.2, 0.25) is 0 Å². The van der Waals surface area contributed by atoms with Gasteiger partial charge in [0.25, 0.3) is 0 Å². The minimum absolute atomic E-state index is 0.0385. The Hall–Kier alpha value is 0.270. The molecular formula is C9H20O2S. The predicted molar refractivity (Wildman–Crippen MR) is 54.5 cm³/mol. The van der Waals surface area contributed by atoms with Gasteiger partial charge in [0.15, 0.2) is 0 Å². The summed E-state index contributed by atoms with van der Waals surface area (Å²) in [5, 5.41) is 0. The number of hydrogen-bond acceptors (Lipinski definition) is 3. The molecule has 0 heterocycles. The van der Waals surface area contributed by atoms with Gasteiger partial charge in [-0.25, -0.2) is 0 Å². The Balaban J connectivity index is 2.97. The van der Waals surface area contributed by atoms with Crippen molar-refractivity contribution < 1.29 is 9.47 Å². The maximum atomic E-state index is 5.27. The van der Waals surface area contributed by atoms with Crippen molar-refractivity contribution in [3.05, 3.63) is 0 Å². The molecule has 0 saturated carbocycles. The molecule has 0 radical (unpaired) electrons. The lowest BCUT2D eigenvalue weighted by Gasteiger charge is -2.10. The van der Waals surface area contributed by atoms with E-state index in [1.54, 1.807) is 0 Å². The van der Waals surface area contributed by atoms with Gasteiger partial charge >= 0.3 is 0 Å². The molecule has 0 aliphatic rings. The largest absolute Gasteiger partial charge is 0.355 e. The van der Waals surface area contributed by atoms with Crippen LogP contribution in [0.5, 0.6) is 0 Å². The third kappa shape index (κ3) is 8.37.